The molecule has 0 aromatic heterocycles. The summed E-state index contributed by atoms with van der Waals surface area (Å²) in [5.74, 6) is 0.688. The maximum atomic E-state index is 5.37. The molecule has 0 aliphatic rings. The average molecular weight is 278 g/mol. The van der Waals surface area contributed by atoms with Gasteiger partial charge in [-0.15, -0.1) is 0 Å². The molecule has 0 unspecified atom stereocenters. The molecular formula is C20H22O. The lowest BCUT2D eigenvalue weighted by Crippen LogP contribution is -1.90. The van der Waals surface area contributed by atoms with Gasteiger partial charge in [0.25, 0.3) is 0 Å². The SMILES string of the molecule is C=C(/C=C/c1ccccc1-c1cccc(C)c1C)OCC. The Morgan fingerprint density at radius 2 is 1.76 bits per heavy atom. The number of allylic oxidation sites excluding steroid dienone is 1. The van der Waals surface area contributed by atoms with Gasteiger partial charge in [-0.2, -0.15) is 0 Å². The molecule has 0 aliphatic carbocycles. The van der Waals surface area contributed by atoms with Gasteiger partial charge in [-0.05, 0) is 54.7 Å². The quantitative estimate of drug-likeness (QED) is 0.516. The van der Waals surface area contributed by atoms with Crippen molar-refractivity contribution in [2.45, 2.75) is 20.8 Å². The van der Waals surface area contributed by atoms with Crippen molar-refractivity contribution in [1.82, 2.24) is 0 Å². The molecule has 1 heteroatoms. The molecule has 0 atom stereocenters. The Morgan fingerprint density at radius 3 is 2.52 bits per heavy atom. The number of hydrogen-bond donors (Lipinski definition) is 0. The Morgan fingerprint density at radius 1 is 1.05 bits per heavy atom. The van der Waals surface area contributed by atoms with Crippen LogP contribution in [0.15, 0.2) is 60.9 Å². The smallest absolute Gasteiger partial charge is 0.112 e. The van der Waals surface area contributed by atoms with Gasteiger partial charge in [0.1, 0.15) is 5.76 Å². The van der Waals surface area contributed by atoms with E-state index in [4.69, 9.17) is 4.74 Å². The van der Waals surface area contributed by atoms with Crippen LogP contribution in [-0.4, -0.2) is 6.61 Å². The molecule has 0 bridgehead atoms. The molecule has 2 rings (SSSR count). The van der Waals surface area contributed by atoms with Crippen LogP contribution in [0.5, 0.6) is 0 Å². The third kappa shape index (κ3) is 3.63. The van der Waals surface area contributed by atoms with Crippen LogP contribution in [0.4, 0.5) is 0 Å². The van der Waals surface area contributed by atoms with E-state index in [1.54, 1.807) is 0 Å². The number of aryl methyl sites for hydroxylation is 1. The lowest BCUT2D eigenvalue weighted by molar-refractivity contribution is 0.244. The average Bonchev–Trinajstić information content (AvgIpc) is 2.49. The highest BCUT2D eigenvalue weighted by Gasteiger charge is 2.06. The van der Waals surface area contributed by atoms with Gasteiger partial charge in [-0.3, -0.25) is 0 Å². The standard InChI is InChI=1S/C20H22O/c1-5-21-16(3)13-14-18-10-6-7-11-20(18)19-12-8-9-15(2)17(19)4/h6-14H,3,5H2,1-2,4H3/b14-13+. The molecule has 0 N–H and O–H groups in total. The van der Waals surface area contributed by atoms with Crippen LogP contribution in [0.2, 0.25) is 0 Å². The molecule has 0 radical (unpaired) electrons. The summed E-state index contributed by atoms with van der Waals surface area (Å²) in [5, 5.41) is 0. The molecule has 0 amide bonds. The molecule has 0 saturated heterocycles. The molecule has 0 aliphatic heterocycles. The Balaban J connectivity index is 2.42. The summed E-state index contributed by atoms with van der Waals surface area (Å²) in [5.41, 5.74) is 6.32. The Labute approximate surface area is 127 Å². The predicted octanol–water partition coefficient (Wildman–Crippen LogP) is 5.53. The van der Waals surface area contributed by atoms with Crippen molar-refractivity contribution in [2.75, 3.05) is 6.61 Å². The van der Waals surface area contributed by atoms with Crippen molar-refractivity contribution < 1.29 is 4.74 Å². The normalized spacial score (nSPS) is 10.8. The van der Waals surface area contributed by atoms with Crippen molar-refractivity contribution >= 4 is 6.08 Å². The van der Waals surface area contributed by atoms with E-state index in [1.807, 2.05) is 13.0 Å². The van der Waals surface area contributed by atoms with Gasteiger partial charge in [-0.1, -0.05) is 55.1 Å². The molecule has 0 heterocycles. The molecule has 108 valence electrons. The molecule has 0 spiro atoms. The highest BCUT2D eigenvalue weighted by Crippen LogP contribution is 2.29. The minimum absolute atomic E-state index is 0.641. The summed E-state index contributed by atoms with van der Waals surface area (Å²) in [7, 11) is 0. The van der Waals surface area contributed by atoms with Gasteiger partial charge in [-0.25, -0.2) is 0 Å². The van der Waals surface area contributed by atoms with Crippen LogP contribution in [0.25, 0.3) is 17.2 Å². The fraction of sp³-hybridized carbons (Fsp3) is 0.200. The zero-order chi connectivity index (χ0) is 15.2. The van der Waals surface area contributed by atoms with E-state index in [1.165, 1.54) is 27.8 Å². The van der Waals surface area contributed by atoms with Crippen LogP contribution < -0.4 is 0 Å². The van der Waals surface area contributed by atoms with E-state index in [2.05, 4.69) is 69.0 Å². The number of ether oxygens (including phenoxy) is 1. The molecular weight excluding hydrogens is 256 g/mol. The fourth-order valence-electron chi connectivity index (χ4n) is 2.35. The van der Waals surface area contributed by atoms with Crippen molar-refractivity contribution in [3.05, 3.63) is 77.6 Å². The molecule has 0 fully saturated rings. The summed E-state index contributed by atoms with van der Waals surface area (Å²) >= 11 is 0. The summed E-state index contributed by atoms with van der Waals surface area (Å²) < 4.78 is 5.37. The second kappa shape index (κ2) is 6.94. The Kier molecular flexibility index (Phi) is 4.99. The first-order valence-corrected chi connectivity index (χ1v) is 7.29. The number of rotatable bonds is 5. The maximum Gasteiger partial charge on any atom is 0.112 e. The van der Waals surface area contributed by atoms with Gasteiger partial charge in [0.05, 0.1) is 6.61 Å². The first kappa shape index (κ1) is 15.1. The maximum absolute atomic E-state index is 5.37. The van der Waals surface area contributed by atoms with Crippen LogP contribution in [0, 0.1) is 13.8 Å². The molecule has 0 saturated carbocycles. The minimum atomic E-state index is 0.641. The largest absolute Gasteiger partial charge is 0.495 e. The van der Waals surface area contributed by atoms with Gasteiger partial charge < -0.3 is 4.74 Å². The topological polar surface area (TPSA) is 9.23 Å². The zero-order valence-corrected chi connectivity index (χ0v) is 13.0. The van der Waals surface area contributed by atoms with Crippen LogP contribution >= 0.6 is 0 Å². The van der Waals surface area contributed by atoms with E-state index >= 15 is 0 Å². The van der Waals surface area contributed by atoms with Crippen molar-refractivity contribution in [3.8, 4) is 11.1 Å². The number of hydrogen-bond acceptors (Lipinski definition) is 1. The van der Waals surface area contributed by atoms with Crippen LogP contribution in [0.3, 0.4) is 0 Å². The molecule has 2 aromatic rings. The molecule has 2 aromatic carbocycles. The summed E-state index contributed by atoms with van der Waals surface area (Å²) in [6, 6.07) is 14.8. The van der Waals surface area contributed by atoms with Crippen LogP contribution in [0.1, 0.15) is 23.6 Å². The monoisotopic (exact) mass is 278 g/mol. The highest BCUT2D eigenvalue weighted by atomic mass is 16.5. The van der Waals surface area contributed by atoms with Gasteiger partial charge in [0.15, 0.2) is 0 Å². The van der Waals surface area contributed by atoms with Crippen molar-refractivity contribution in [1.29, 1.82) is 0 Å². The van der Waals surface area contributed by atoms with Crippen molar-refractivity contribution in [3.63, 3.8) is 0 Å². The molecule has 1 nitrogen and oxygen atoms in total. The number of benzene rings is 2. The molecule has 21 heavy (non-hydrogen) atoms. The summed E-state index contributed by atoms with van der Waals surface area (Å²) in [4.78, 5) is 0. The summed E-state index contributed by atoms with van der Waals surface area (Å²) in [6.45, 7) is 10.8. The Hall–Kier alpha value is -2.28. The van der Waals surface area contributed by atoms with E-state index in [9.17, 15) is 0 Å². The van der Waals surface area contributed by atoms with Gasteiger partial charge in [0.2, 0.25) is 0 Å². The van der Waals surface area contributed by atoms with E-state index < -0.39 is 0 Å². The summed E-state index contributed by atoms with van der Waals surface area (Å²) in [6.07, 6.45) is 3.99. The predicted molar refractivity (Wildman–Crippen MR) is 91.2 cm³/mol. The third-order valence-electron chi connectivity index (χ3n) is 3.63. The second-order valence-electron chi connectivity index (χ2n) is 5.07. The Bertz CT molecular complexity index is 665. The van der Waals surface area contributed by atoms with Crippen molar-refractivity contribution in [2.24, 2.45) is 0 Å². The zero-order valence-electron chi connectivity index (χ0n) is 13.0. The lowest BCUT2D eigenvalue weighted by atomic mass is 9.93. The lowest BCUT2D eigenvalue weighted by Gasteiger charge is -2.11. The van der Waals surface area contributed by atoms with Gasteiger partial charge >= 0.3 is 0 Å². The first-order chi connectivity index (χ1) is 10.1. The second-order valence-corrected chi connectivity index (χ2v) is 5.07. The van der Waals surface area contributed by atoms with E-state index in [0.29, 0.717) is 12.4 Å². The fourth-order valence-corrected chi connectivity index (χ4v) is 2.35. The first-order valence-electron chi connectivity index (χ1n) is 7.29. The third-order valence-corrected chi connectivity index (χ3v) is 3.63. The van der Waals surface area contributed by atoms with Gasteiger partial charge in [0, 0.05) is 0 Å². The highest BCUT2D eigenvalue weighted by molar-refractivity contribution is 5.78. The van der Waals surface area contributed by atoms with E-state index in [0.717, 1.165) is 0 Å². The van der Waals surface area contributed by atoms with Crippen LogP contribution in [-0.2, 0) is 4.74 Å². The van der Waals surface area contributed by atoms with E-state index in [-0.39, 0.29) is 0 Å². The minimum Gasteiger partial charge on any atom is -0.495 e.